The van der Waals surface area contributed by atoms with Crippen molar-refractivity contribution in [3.8, 4) is 0 Å². The molecule has 0 bridgehead atoms. The van der Waals surface area contributed by atoms with Gasteiger partial charge in [-0.2, -0.15) is 0 Å². The first kappa shape index (κ1) is 15.0. The van der Waals surface area contributed by atoms with Crippen LogP contribution in [0.2, 0.25) is 0 Å². The summed E-state index contributed by atoms with van der Waals surface area (Å²) in [6, 6.07) is 8.10. The van der Waals surface area contributed by atoms with Crippen molar-refractivity contribution in [3.05, 3.63) is 34.3 Å². The molecule has 0 spiro atoms. The summed E-state index contributed by atoms with van der Waals surface area (Å²) in [6.45, 7) is 0.416. The first-order chi connectivity index (χ1) is 9.49. The zero-order chi connectivity index (χ0) is 14.7. The van der Waals surface area contributed by atoms with Crippen LogP contribution in [0.5, 0.6) is 0 Å². The predicted molar refractivity (Wildman–Crippen MR) is 81.3 cm³/mol. The molecule has 0 heterocycles. The second-order valence-corrected chi connectivity index (χ2v) is 6.25. The summed E-state index contributed by atoms with van der Waals surface area (Å²) in [5.41, 5.74) is 1.21. The van der Waals surface area contributed by atoms with Gasteiger partial charge < -0.3 is 10.2 Å². The molecule has 2 unspecified atom stereocenters. The molecule has 4 nitrogen and oxygen atoms in total. The fraction of sp³-hybridized carbons (Fsp3) is 0.467. The zero-order valence-electron chi connectivity index (χ0n) is 11.7. The van der Waals surface area contributed by atoms with E-state index < -0.39 is 0 Å². The molecular weight excluding hydrogens is 320 g/mol. The zero-order valence-corrected chi connectivity index (χ0v) is 13.3. The number of nitrogens with zero attached hydrogens (tertiary/aromatic N) is 1. The Morgan fingerprint density at radius 1 is 1.30 bits per heavy atom. The van der Waals surface area contributed by atoms with Gasteiger partial charge in [-0.3, -0.25) is 9.59 Å². The number of benzene rings is 1. The normalized spacial score (nSPS) is 20.4. The van der Waals surface area contributed by atoms with E-state index in [1.165, 1.54) is 10.5 Å². The largest absolute Gasteiger partial charge is 0.355 e. The van der Waals surface area contributed by atoms with Gasteiger partial charge in [0.25, 0.3) is 0 Å². The van der Waals surface area contributed by atoms with Crippen LogP contribution in [0.3, 0.4) is 0 Å². The number of carbonyl (C=O) groups excluding carboxylic acids is 2. The van der Waals surface area contributed by atoms with Crippen molar-refractivity contribution in [2.24, 2.45) is 5.92 Å². The smallest absolute Gasteiger partial charge is 0.223 e. The number of halogens is 1. The molecule has 1 aliphatic carbocycles. The van der Waals surface area contributed by atoms with Crippen LogP contribution in [0.4, 0.5) is 0 Å². The van der Waals surface area contributed by atoms with E-state index in [9.17, 15) is 9.59 Å². The molecule has 0 aliphatic heterocycles. The SMILES string of the molecule is CN(C)C(=O)CCNC(=O)C1CC1c1ccc(Br)cc1. The summed E-state index contributed by atoms with van der Waals surface area (Å²) in [7, 11) is 3.43. The quantitative estimate of drug-likeness (QED) is 0.894. The standard InChI is InChI=1S/C15H19BrN2O2/c1-18(2)14(19)7-8-17-15(20)13-9-12(13)10-3-5-11(16)6-4-10/h3-6,12-13H,7-9H2,1-2H3,(H,17,20). The number of amides is 2. The van der Waals surface area contributed by atoms with E-state index >= 15 is 0 Å². The van der Waals surface area contributed by atoms with E-state index in [1.54, 1.807) is 14.1 Å². The Labute approximate surface area is 127 Å². The Balaban J connectivity index is 1.76. The fourth-order valence-electron chi connectivity index (χ4n) is 2.21. The minimum atomic E-state index is 0.0329. The average Bonchev–Trinajstić information content (AvgIpc) is 3.19. The molecule has 2 rings (SSSR count). The van der Waals surface area contributed by atoms with Crippen LogP contribution in [0.15, 0.2) is 28.7 Å². The van der Waals surface area contributed by atoms with Crippen molar-refractivity contribution >= 4 is 27.7 Å². The first-order valence-corrected chi connectivity index (χ1v) is 7.51. The van der Waals surface area contributed by atoms with Crippen LogP contribution in [-0.2, 0) is 9.59 Å². The molecular formula is C15H19BrN2O2. The highest BCUT2D eigenvalue weighted by atomic mass is 79.9. The van der Waals surface area contributed by atoms with Crippen LogP contribution in [0, 0.1) is 5.92 Å². The highest BCUT2D eigenvalue weighted by molar-refractivity contribution is 9.10. The molecule has 1 fully saturated rings. The highest BCUT2D eigenvalue weighted by Crippen LogP contribution is 2.47. The van der Waals surface area contributed by atoms with Gasteiger partial charge in [0.15, 0.2) is 0 Å². The maximum Gasteiger partial charge on any atom is 0.223 e. The summed E-state index contributed by atoms with van der Waals surface area (Å²) in [4.78, 5) is 24.9. The van der Waals surface area contributed by atoms with Crippen molar-refractivity contribution in [3.63, 3.8) is 0 Å². The molecule has 108 valence electrons. The monoisotopic (exact) mass is 338 g/mol. The minimum absolute atomic E-state index is 0.0329. The lowest BCUT2D eigenvalue weighted by atomic mass is 10.1. The van der Waals surface area contributed by atoms with Gasteiger partial charge in [0.2, 0.25) is 11.8 Å². The van der Waals surface area contributed by atoms with E-state index in [0.29, 0.717) is 18.9 Å². The van der Waals surface area contributed by atoms with Gasteiger partial charge in [-0.15, -0.1) is 0 Å². The molecule has 20 heavy (non-hydrogen) atoms. The number of carbonyl (C=O) groups is 2. The lowest BCUT2D eigenvalue weighted by Crippen LogP contribution is -2.31. The number of hydrogen-bond donors (Lipinski definition) is 1. The molecule has 1 saturated carbocycles. The summed E-state index contributed by atoms with van der Waals surface area (Å²) < 4.78 is 1.05. The third kappa shape index (κ3) is 3.82. The van der Waals surface area contributed by atoms with Gasteiger partial charge in [0.05, 0.1) is 0 Å². The van der Waals surface area contributed by atoms with E-state index in [4.69, 9.17) is 0 Å². The van der Waals surface area contributed by atoms with Crippen LogP contribution < -0.4 is 5.32 Å². The lowest BCUT2D eigenvalue weighted by molar-refractivity contribution is -0.128. The molecule has 1 aromatic carbocycles. The van der Waals surface area contributed by atoms with Gasteiger partial charge in [-0.05, 0) is 30.0 Å². The molecule has 0 radical (unpaired) electrons. The molecule has 0 saturated heterocycles. The summed E-state index contributed by atoms with van der Waals surface area (Å²) in [5, 5.41) is 2.85. The fourth-order valence-corrected chi connectivity index (χ4v) is 2.47. The lowest BCUT2D eigenvalue weighted by Gasteiger charge is -2.10. The summed E-state index contributed by atoms with van der Waals surface area (Å²) >= 11 is 3.40. The van der Waals surface area contributed by atoms with Gasteiger partial charge >= 0.3 is 0 Å². The van der Waals surface area contributed by atoms with E-state index in [1.807, 2.05) is 12.1 Å². The van der Waals surface area contributed by atoms with Crippen molar-refractivity contribution in [1.82, 2.24) is 10.2 Å². The van der Waals surface area contributed by atoms with Gasteiger partial charge in [0.1, 0.15) is 0 Å². The average molecular weight is 339 g/mol. The summed E-state index contributed by atoms with van der Waals surface area (Å²) in [6.07, 6.45) is 1.25. The number of hydrogen-bond acceptors (Lipinski definition) is 2. The van der Waals surface area contributed by atoms with Crippen LogP contribution >= 0.6 is 15.9 Å². The third-order valence-corrected chi connectivity index (χ3v) is 4.09. The molecule has 1 aromatic rings. The molecule has 2 atom stereocenters. The van der Waals surface area contributed by atoms with Gasteiger partial charge in [-0.1, -0.05) is 28.1 Å². The predicted octanol–water partition coefficient (Wildman–Crippen LogP) is 2.15. The van der Waals surface area contributed by atoms with Crippen molar-refractivity contribution in [2.75, 3.05) is 20.6 Å². The first-order valence-electron chi connectivity index (χ1n) is 6.72. The van der Waals surface area contributed by atoms with Crippen molar-refractivity contribution < 1.29 is 9.59 Å². The number of rotatable bonds is 5. The van der Waals surface area contributed by atoms with Gasteiger partial charge in [-0.25, -0.2) is 0 Å². The maximum atomic E-state index is 12.0. The molecule has 0 aromatic heterocycles. The number of nitrogens with one attached hydrogen (secondary N) is 1. The van der Waals surface area contributed by atoms with E-state index in [0.717, 1.165) is 10.9 Å². The van der Waals surface area contributed by atoms with Crippen LogP contribution in [0.25, 0.3) is 0 Å². The topological polar surface area (TPSA) is 49.4 Å². The van der Waals surface area contributed by atoms with Gasteiger partial charge in [0, 0.05) is 37.5 Å². The second-order valence-electron chi connectivity index (χ2n) is 5.33. The van der Waals surface area contributed by atoms with E-state index in [2.05, 4.69) is 33.4 Å². The Morgan fingerprint density at radius 2 is 1.95 bits per heavy atom. The molecule has 5 heteroatoms. The minimum Gasteiger partial charge on any atom is -0.355 e. The Kier molecular flexibility index (Phi) is 4.81. The second kappa shape index (κ2) is 6.39. The third-order valence-electron chi connectivity index (χ3n) is 3.56. The van der Waals surface area contributed by atoms with E-state index in [-0.39, 0.29) is 17.7 Å². The van der Waals surface area contributed by atoms with Crippen molar-refractivity contribution in [1.29, 1.82) is 0 Å². The maximum absolute atomic E-state index is 12.0. The van der Waals surface area contributed by atoms with Crippen LogP contribution in [0.1, 0.15) is 24.3 Å². The molecule has 1 N–H and O–H groups in total. The Bertz CT molecular complexity index is 499. The Hall–Kier alpha value is -1.36. The molecule has 1 aliphatic rings. The Morgan fingerprint density at radius 3 is 2.55 bits per heavy atom. The van der Waals surface area contributed by atoms with Crippen molar-refractivity contribution in [2.45, 2.75) is 18.8 Å². The molecule has 2 amide bonds. The van der Waals surface area contributed by atoms with Crippen LogP contribution in [-0.4, -0.2) is 37.4 Å². The summed E-state index contributed by atoms with van der Waals surface area (Å²) in [5.74, 6) is 0.480. The highest BCUT2D eigenvalue weighted by Gasteiger charge is 2.43.